The van der Waals surface area contributed by atoms with Crippen LogP contribution in [0.5, 0.6) is 5.75 Å². The molecule has 0 radical (unpaired) electrons. The number of nitro groups is 1. The predicted octanol–water partition coefficient (Wildman–Crippen LogP) is 2.32. The van der Waals surface area contributed by atoms with E-state index in [1.165, 1.54) is 10.6 Å². The molecule has 1 atom stereocenters. The minimum Gasteiger partial charge on any atom is -0.488 e. The Bertz CT molecular complexity index is 904. The topological polar surface area (TPSA) is 112 Å². The first-order chi connectivity index (χ1) is 10.3. The van der Waals surface area contributed by atoms with Crippen molar-refractivity contribution in [2.75, 3.05) is 6.61 Å². The first-order valence-corrected chi connectivity index (χ1v) is 7.04. The Morgan fingerprint density at radius 1 is 1.55 bits per heavy atom. The minimum absolute atomic E-state index is 0.0618. The highest BCUT2D eigenvalue weighted by molar-refractivity contribution is 9.10. The molecule has 0 amide bonds. The first-order valence-electron chi connectivity index (χ1n) is 6.25. The van der Waals surface area contributed by atoms with Crippen molar-refractivity contribution in [2.24, 2.45) is 0 Å². The van der Waals surface area contributed by atoms with Crippen molar-refractivity contribution < 1.29 is 19.6 Å². The van der Waals surface area contributed by atoms with Gasteiger partial charge in [-0.05, 0) is 28.9 Å². The van der Waals surface area contributed by atoms with Crippen molar-refractivity contribution >= 4 is 38.5 Å². The summed E-state index contributed by atoms with van der Waals surface area (Å²) in [6.07, 6.45) is 0. The van der Waals surface area contributed by atoms with Gasteiger partial charge in [-0.3, -0.25) is 19.5 Å². The summed E-state index contributed by atoms with van der Waals surface area (Å²) in [5.41, 5.74) is -1.27. The van der Waals surface area contributed by atoms with E-state index in [1.807, 2.05) is 0 Å². The van der Waals surface area contributed by atoms with Crippen LogP contribution in [0.2, 0.25) is 0 Å². The average Bonchev–Trinajstić information content (AvgIpc) is 2.44. The summed E-state index contributed by atoms with van der Waals surface area (Å²) in [5.74, 6) is -1.12. The largest absolute Gasteiger partial charge is 0.488 e. The molecule has 9 heteroatoms. The highest BCUT2D eigenvalue weighted by Crippen LogP contribution is 2.42. The van der Waals surface area contributed by atoms with Gasteiger partial charge in [-0.2, -0.15) is 0 Å². The quantitative estimate of drug-likeness (QED) is 0.642. The Balaban J connectivity index is 2.61. The number of ether oxygens (including phenoxy) is 1. The van der Waals surface area contributed by atoms with Crippen LogP contribution in [0.15, 0.2) is 21.4 Å². The molecule has 8 nitrogen and oxygen atoms in total. The molecule has 0 bridgehead atoms. The van der Waals surface area contributed by atoms with E-state index >= 15 is 0 Å². The van der Waals surface area contributed by atoms with Crippen molar-refractivity contribution in [1.82, 2.24) is 4.57 Å². The summed E-state index contributed by atoms with van der Waals surface area (Å²) >= 11 is 3.20. The number of hydrogen-bond donors (Lipinski definition) is 1. The number of carboxylic acids is 1. The molecule has 2 heterocycles. The van der Waals surface area contributed by atoms with Gasteiger partial charge in [0.25, 0.3) is 11.2 Å². The second-order valence-corrected chi connectivity index (χ2v) is 5.78. The van der Waals surface area contributed by atoms with E-state index < -0.39 is 28.1 Å². The number of benzene rings is 1. The number of halogens is 1. The number of nitro benzene ring substituents is 1. The van der Waals surface area contributed by atoms with Crippen LogP contribution < -0.4 is 10.3 Å². The summed E-state index contributed by atoms with van der Waals surface area (Å²) in [5, 5.41) is 20.5. The molecular weight excluding hydrogens is 360 g/mol. The van der Waals surface area contributed by atoms with Gasteiger partial charge < -0.3 is 9.84 Å². The van der Waals surface area contributed by atoms with Gasteiger partial charge in [0.05, 0.1) is 20.8 Å². The number of aromatic carboxylic acids is 1. The Kier molecular flexibility index (Phi) is 3.17. The Morgan fingerprint density at radius 3 is 2.82 bits per heavy atom. The number of carboxylic acid groups (broad SMARTS) is 1. The second-order valence-electron chi connectivity index (χ2n) is 4.92. The van der Waals surface area contributed by atoms with Crippen LogP contribution in [-0.2, 0) is 0 Å². The summed E-state index contributed by atoms with van der Waals surface area (Å²) < 4.78 is 7.14. The minimum atomic E-state index is -1.42. The Hall–Kier alpha value is -2.42. The third-order valence-corrected chi connectivity index (χ3v) is 4.13. The van der Waals surface area contributed by atoms with Crippen LogP contribution in [0.25, 0.3) is 10.9 Å². The molecule has 2 aromatic rings. The molecule has 1 N–H and O–H groups in total. The summed E-state index contributed by atoms with van der Waals surface area (Å²) in [7, 11) is 0. The number of pyridine rings is 1. The fourth-order valence-electron chi connectivity index (χ4n) is 2.58. The normalized spacial score (nSPS) is 16.4. The lowest BCUT2D eigenvalue weighted by Gasteiger charge is -2.26. The summed E-state index contributed by atoms with van der Waals surface area (Å²) in [4.78, 5) is 34.3. The SMILES string of the molecule is C[C@H]1COc2c(Br)cc([N+](=O)[O-])c3cc(C(=O)O)c(=O)n1c23. The zero-order chi connectivity index (χ0) is 16.2. The van der Waals surface area contributed by atoms with E-state index in [4.69, 9.17) is 4.74 Å². The molecule has 1 aliphatic heterocycles. The van der Waals surface area contributed by atoms with Gasteiger partial charge in [0.1, 0.15) is 17.7 Å². The fourth-order valence-corrected chi connectivity index (χ4v) is 3.10. The van der Waals surface area contributed by atoms with E-state index in [0.29, 0.717) is 10.2 Å². The maximum Gasteiger partial charge on any atom is 0.341 e. The molecule has 1 aliphatic rings. The van der Waals surface area contributed by atoms with Gasteiger partial charge >= 0.3 is 5.97 Å². The third kappa shape index (κ3) is 1.89. The monoisotopic (exact) mass is 368 g/mol. The Morgan fingerprint density at radius 2 is 2.23 bits per heavy atom. The van der Waals surface area contributed by atoms with Gasteiger partial charge in [0.2, 0.25) is 0 Å². The van der Waals surface area contributed by atoms with E-state index in [2.05, 4.69) is 15.9 Å². The molecule has 0 aliphatic carbocycles. The van der Waals surface area contributed by atoms with Crippen molar-refractivity contribution in [1.29, 1.82) is 0 Å². The van der Waals surface area contributed by atoms with Gasteiger partial charge in [-0.25, -0.2) is 4.79 Å². The van der Waals surface area contributed by atoms with E-state index in [1.54, 1.807) is 6.92 Å². The molecule has 1 aromatic carbocycles. The summed E-state index contributed by atoms with van der Waals surface area (Å²) in [6.45, 7) is 1.85. The number of rotatable bonds is 2. The van der Waals surface area contributed by atoms with Crippen LogP contribution in [0.1, 0.15) is 23.3 Å². The maximum absolute atomic E-state index is 12.4. The average molecular weight is 369 g/mol. The van der Waals surface area contributed by atoms with Crippen molar-refractivity contribution in [3.05, 3.63) is 42.6 Å². The van der Waals surface area contributed by atoms with E-state index in [-0.39, 0.29) is 23.2 Å². The Labute approximate surface area is 131 Å². The lowest BCUT2D eigenvalue weighted by atomic mass is 10.1. The zero-order valence-electron chi connectivity index (χ0n) is 11.2. The summed E-state index contributed by atoms with van der Waals surface area (Å²) in [6, 6.07) is 1.84. The lowest BCUT2D eigenvalue weighted by molar-refractivity contribution is -0.383. The smallest absolute Gasteiger partial charge is 0.341 e. The molecule has 0 saturated carbocycles. The van der Waals surface area contributed by atoms with Gasteiger partial charge in [0, 0.05) is 6.07 Å². The van der Waals surface area contributed by atoms with Crippen molar-refractivity contribution in [3.63, 3.8) is 0 Å². The van der Waals surface area contributed by atoms with Crippen LogP contribution >= 0.6 is 15.9 Å². The van der Waals surface area contributed by atoms with E-state index in [0.717, 1.165) is 6.07 Å². The van der Waals surface area contributed by atoms with Crippen molar-refractivity contribution in [3.8, 4) is 5.75 Å². The molecule has 0 fully saturated rings. The lowest BCUT2D eigenvalue weighted by Crippen LogP contribution is -2.34. The van der Waals surface area contributed by atoms with Gasteiger partial charge in [-0.15, -0.1) is 0 Å². The van der Waals surface area contributed by atoms with Crippen LogP contribution in [-0.4, -0.2) is 27.2 Å². The highest BCUT2D eigenvalue weighted by atomic mass is 79.9. The van der Waals surface area contributed by atoms with Crippen molar-refractivity contribution in [2.45, 2.75) is 13.0 Å². The predicted molar refractivity (Wildman–Crippen MR) is 79.7 cm³/mol. The third-order valence-electron chi connectivity index (χ3n) is 3.54. The number of non-ortho nitro benzene ring substituents is 1. The first kappa shape index (κ1) is 14.5. The standard InChI is InChI=1S/C13H9BrN2O6/c1-5-4-22-11-8(14)3-9(16(20)21)6-2-7(13(18)19)12(17)15(5)10(6)11/h2-3,5H,4H2,1H3,(H,18,19)/t5-/m0/s1. The molecule has 1 aromatic heterocycles. The maximum atomic E-state index is 12.4. The molecule has 0 saturated heterocycles. The number of carbonyl (C=O) groups is 1. The molecule has 3 rings (SSSR count). The molecule has 0 spiro atoms. The van der Waals surface area contributed by atoms with Crippen LogP contribution in [0, 0.1) is 10.1 Å². The number of hydrogen-bond acceptors (Lipinski definition) is 5. The van der Waals surface area contributed by atoms with Gasteiger partial charge in [-0.1, -0.05) is 0 Å². The highest BCUT2D eigenvalue weighted by Gasteiger charge is 2.30. The molecular formula is C13H9BrN2O6. The van der Waals surface area contributed by atoms with Gasteiger partial charge in [0.15, 0.2) is 5.75 Å². The van der Waals surface area contributed by atoms with E-state index in [9.17, 15) is 24.8 Å². The second kappa shape index (κ2) is 4.80. The molecule has 22 heavy (non-hydrogen) atoms. The number of nitrogens with zero attached hydrogens (tertiary/aromatic N) is 2. The van der Waals surface area contributed by atoms with Crippen LogP contribution in [0.3, 0.4) is 0 Å². The molecule has 114 valence electrons. The molecule has 0 unspecified atom stereocenters. The number of aromatic nitrogens is 1. The zero-order valence-corrected chi connectivity index (χ0v) is 12.8. The fraction of sp³-hybridized carbons (Fsp3) is 0.231. The van der Waals surface area contributed by atoms with Crippen LogP contribution in [0.4, 0.5) is 5.69 Å².